The van der Waals surface area contributed by atoms with E-state index < -0.39 is 0 Å². The molecule has 2 atom stereocenters. The van der Waals surface area contributed by atoms with E-state index in [1.54, 1.807) is 0 Å². The summed E-state index contributed by atoms with van der Waals surface area (Å²) in [6.07, 6.45) is 3.84. The van der Waals surface area contributed by atoms with E-state index in [-0.39, 0.29) is 0 Å². The number of likely N-dealkylation sites (N-methyl/N-ethyl adjacent to an activating group) is 2. The SMILES string of the molecule is CNC(CCN(C)C1CCCN(C)C1)c1ccc(C)cc1. The van der Waals surface area contributed by atoms with Gasteiger partial charge in [-0.05, 0) is 66.0 Å². The zero-order valence-corrected chi connectivity index (χ0v) is 14.1. The molecule has 1 aromatic carbocycles. The Hall–Kier alpha value is -0.900. The lowest BCUT2D eigenvalue weighted by molar-refractivity contribution is 0.131. The number of nitrogens with one attached hydrogen (secondary N) is 1. The number of hydrogen-bond acceptors (Lipinski definition) is 3. The number of hydrogen-bond donors (Lipinski definition) is 1. The lowest BCUT2D eigenvalue weighted by Gasteiger charge is -2.36. The molecule has 1 N–H and O–H groups in total. The van der Waals surface area contributed by atoms with Crippen LogP contribution >= 0.6 is 0 Å². The topological polar surface area (TPSA) is 18.5 Å². The van der Waals surface area contributed by atoms with Crippen molar-refractivity contribution in [1.82, 2.24) is 15.1 Å². The van der Waals surface area contributed by atoms with E-state index in [9.17, 15) is 0 Å². The maximum absolute atomic E-state index is 3.47. The summed E-state index contributed by atoms with van der Waals surface area (Å²) in [6.45, 7) is 5.77. The minimum absolute atomic E-state index is 0.453. The van der Waals surface area contributed by atoms with Gasteiger partial charge in [0.2, 0.25) is 0 Å². The Morgan fingerprint density at radius 3 is 2.67 bits per heavy atom. The van der Waals surface area contributed by atoms with Crippen LogP contribution in [0.3, 0.4) is 0 Å². The highest BCUT2D eigenvalue weighted by molar-refractivity contribution is 5.24. The summed E-state index contributed by atoms with van der Waals surface area (Å²) in [5.41, 5.74) is 2.73. The minimum Gasteiger partial charge on any atom is -0.313 e. The van der Waals surface area contributed by atoms with Crippen LogP contribution in [-0.2, 0) is 0 Å². The van der Waals surface area contributed by atoms with Gasteiger partial charge in [0, 0.05) is 18.6 Å². The molecule has 3 heteroatoms. The highest BCUT2D eigenvalue weighted by Crippen LogP contribution is 2.19. The smallest absolute Gasteiger partial charge is 0.0329 e. The van der Waals surface area contributed by atoms with Gasteiger partial charge in [-0.25, -0.2) is 0 Å². The van der Waals surface area contributed by atoms with E-state index in [1.807, 2.05) is 0 Å². The normalized spacial score (nSPS) is 21.7. The molecule has 21 heavy (non-hydrogen) atoms. The first kappa shape index (κ1) is 16.5. The average Bonchev–Trinajstić information content (AvgIpc) is 2.49. The molecule has 1 fully saturated rings. The van der Waals surface area contributed by atoms with Gasteiger partial charge in [0.15, 0.2) is 0 Å². The van der Waals surface area contributed by atoms with Crippen molar-refractivity contribution in [3.8, 4) is 0 Å². The van der Waals surface area contributed by atoms with Gasteiger partial charge in [0.25, 0.3) is 0 Å². The van der Waals surface area contributed by atoms with E-state index in [0.29, 0.717) is 6.04 Å². The summed E-state index contributed by atoms with van der Waals surface area (Å²) in [5, 5.41) is 3.47. The molecule has 0 saturated carbocycles. The number of nitrogens with zero attached hydrogens (tertiary/aromatic N) is 2. The van der Waals surface area contributed by atoms with Crippen LogP contribution < -0.4 is 5.32 Å². The molecule has 1 aromatic rings. The van der Waals surface area contributed by atoms with E-state index in [0.717, 1.165) is 19.0 Å². The summed E-state index contributed by atoms with van der Waals surface area (Å²) >= 11 is 0. The van der Waals surface area contributed by atoms with Crippen LogP contribution in [0.1, 0.15) is 36.4 Å². The van der Waals surface area contributed by atoms with E-state index in [4.69, 9.17) is 0 Å². The van der Waals surface area contributed by atoms with Crippen LogP contribution in [0, 0.1) is 6.92 Å². The van der Waals surface area contributed by atoms with Crippen molar-refractivity contribution < 1.29 is 0 Å². The fraction of sp³-hybridized carbons (Fsp3) is 0.667. The Morgan fingerprint density at radius 1 is 1.33 bits per heavy atom. The zero-order valence-electron chi connectivity index (χ0n) is 14.1. The standard InChI is InChI=1S/C18H31N3/c1-15-7-9-16(10-8-15)18(19-2)11-13-21(4)17-6-5-12-20(3)14-17/h7-10,17-19H,5-6,11-14H2,1-4H3. The molecule has 0 aliphatic carbocycles. The highest BCUT2D eigenvalue weighted by atomic mass is 15.2. The van der Waals surface area contributed by atoms with Crippen molar-refractivity contribution in [2.24, 2.45) is 0 Å². The van der Waals surface area contributed by atoms with Crippen molar-refractivity contribution in [3.63, 3.8) is 0 Å². The molecule has 3 nitrogen and oxygen atoms in total. The third-order valence-electron chi connectivity index (χ3n) is 4.82. The van der Waals surface area contributed by atoms with Gasteiger partial charge in [-0.2, -0.15) is 0 Å². The van der Waals surface area contributed by atoms with Gasteiger partial charge >= 0.3 is 0 Å². The molecule has 1 aliphatic heterocycles. The van der Waals surface area contributed by atoms with Crippen molar-refractivity contribution in [3.05, 3.63) is 35.4 Å². The molecule has 0 spiro atoms. The minimum atomic E-state index is 0.453. The van der Waals surface area contributed by atoms with Gasteiger partial charge in [0.1, 0.15) is 0 Å². The second-order valence-electron chi connectivity index (χ2n) is 6.58. The number of aryl methyl sites for hydroxylation is 1. The van der Waals surface area contributed by atoms with Gasteiger partial charge in [-0.15, -0.1) is 0 Å². The first-order valence-electron chi connectivity index (χ1n) is 8.22. The van der Waals surface area contributed by atoms with Gasteiger partial charge in [-0.1, -0.05) is 29.8 Å². The highest BCUT2D eigenvalue weighted by Gasteiger charge is 2.21. The predicted molar refractivity (Wildman–Crippen MR) is 90.7 cm³/mol. The number of piperidine rings is 1. The number of benzene rings is 1. The van der Waals surface area contributed by atoms with Crippen molar-refractivity contribution in [2.45, 2.75) is 38.3 Å². The van der Waals surface area contributed by atoms with Crippen molar-refractivity contribution in [1.29, 1.82) is 0 Å². The largest absolute Gasteiger partial charge is 0.313 e. The third kappa shape index (κ3) is 4.80. The molecule has 1 heterocycles. The number of likely N-dealkylation sites (tertiary alicyclic amines) is 1. The van der Waals surface area contributed by atoms with Crippen LogP contribution in [0.5, 0.6) is 0 Å². The van der Waals surface area contributed by atoms with Crippen LogP contribution in [0.25, 0.3) is 0 Å². The van der Waals surface area contributed by atoms with Crippen LogP contribution in [0.2, 0.25) is 0 Å². The Labute approximate surface area is 130 Å². The van der Waals surface area contributed by atoms with Crippen LogP contribution in [0.4, 0.5) is 0 Å². The molecule has 1 aliphatic rings. The van der Waals surface area contributed by atoms with Gasteiger partial charge < -0.3 is 15.1 Å². The third-order valence-corrected chi connectivity index (χ3v) is 4.82. The van der Waals surface area contributed by atoms with Crippen molar-refractivity contribution >= 4 is 0 Å². The van der Waals surface area contributed by atoms with Gasteiger partial charge in [0.05, 0.1) is 0 Å². The quantitative estimate of drug-likeness (QED) is 0.868. The molecule has 0 aromatic heterocycles. The maximum atomic E-state index is 3.47. The Morgan fingerprint density at radius 2 is 2.05 bits per heavy atom. The first-order chi connectivity index (χ1) is 10.1. The Kier molecular flexibility index (Phi) is 6.22. The molecule has 118 valence electrons. The second-order valence-corrected chi connectivity index (χ2v) is 6.58. The van der Waals surface area contributed by atoms with Gasteiger partial charge in [-0.3, -0.25) is 0 Å². The fourth-order valence-electron chi connectivity index (χ4n) is 3.29. The molecular formula is C18H31N3. The molecular weight excluding hydrogens is 258 g/mol. The van der Waals surface area contributed by atoms with Crippen LogP contribution in [-0.4, -0.2) is 56.6 Å². The summed E-state index contributed by atoms with van der Waals surface area (Å²) in [6, 6.07) is 10.1. The summed E-state index contributed by atoms with van der Waals surface area (Å²) in [4.78, 5) is 5.01. The molecule has 0 amide bonds. The predicted octanol–water partition coefficient (Wildman–Crippen LogP) is 2.67. The van der Waals surface area contributed by atoms with E-state index >= 15 is 0 Å². The average molecular weight is 289 g/mol. The zero-order chi connectivity index (χ0) is 15.2. The summed E-state index contributed by atoms with van der Waals surface area (Å²) < 4.78 is 0. The Bertz CT molecular complexity index is 415. The maximum Gasteiger partial charge on any atom is 0.0329 e. The van der Waals surface area contributed by atoms with Crippen molar-refractivity contribution in [2.75, 3.05) is 40.8 Å². The Balaban J connectivity index is 1.86. The summed E-state index contributed by atoms with van der Waals surface area (Å²) in [5.74, 6) is 0. The van der Waals surface area contributed by atoms with Crippen LogP contribution in [0.15, 0.2) is 24.3 Å². The first-order valence-corrected chi connectivity index (χ1v) is 8.22. The summed E-state index contributed by atoms with van der Waals surface area (Å²) in [7, 11) is 6.59. The molecule has 0 radical (unpaired) electrons. The lowest BCUT2D eigenvalue weighted by atomic mass is 10.0. The molecule has 0 bridgehead atoms. The lowest BCUT2D eigenvalue weighted by Crippen LogP contribution is -2.45. The fourth-order valence-corrected chi connectivity index (χ4v) is 3.29. The molecule has 2 rings (SSSR count). The monoisotopic (exact) mass is 289 g/mol. The molecule has 1 saturated heterocycles. The second kappa shape index (κ2) is 7.92. The number of rotatable bonds is 6. The van der Waals surface area contributed by atoms with E-state index in [1.165, 1.54) is 37.1 Å². The van der Waals surface area contributed by atoms with E-state index in [2.05, 4.69) is 67.4 Å². The molecule has 2 unspecified atom stereocenters.